The lowest BCUT2D eigenvalue weighted by Gasteiger charge is -2.17. The minimum atomic E-state index is -0.0256. The zero-order chi connectivity index (χ0) is 13.5. The number of carbonyl (C=O) groups excluding carboxylic acids is 1. The summed E-state index contributed by atoms with van der Waals surface area (Å²) < 4.78 is 0. The van der Waals surface area contributed by atoms with Gasteiger partial charge in [-0.05, 0) is 30.4 Å². The van der Waals surface area contributed by atoms with Crippen molar-refractivity contribution in [2.75, 3.05) is 13.6 Å². The molecule has 0 aliphatic rings. The number of hydrogen-bond donors (Lipinski definition) is 1. The molecule has 0 unspecified atom stereocenters. The summed E-state index contributed by atoms with van der Waals surface area (Å²) in [4.78, 5) is 17.9. The first-order chi connectivity index (χ1) is 8.54. The van der Waals surface area contributed by atoms with Crippen LogP contribution in [0.4, 0.5) is 0 Å². The molecule has 1 amide bonds. The molecule has 0 aromatic carbocycles. The molecule has 1 rings (SSSR count). The Labute approximate surface area is 109 Å². The van der Waals surface area contributed by atoms with Crippen LogP contribution >= 0.6 is 0 Å². The zero-order valence-corrected chi connectivity index (χ0v) is 11.5. The number of hydrogen-bond acceptors (Lipinski definition) is 3. The minimum absolute atomic E-state index is 0.0256. The van der Waals surface area contributed by atoms with Gasteiger partial charge in [0.25, 0.3) is 5.91 Å². The summed E-state index contributed by atoms with van der Waals surface area (Å²) in [6, 6.07) is 3.59. The number of carbonyl (C=O) groups is 1. The molecular formula is C14H23N3O. The summed E-state index contributed by atoms with van der Waals surface area (Å²) in [7, 11) is 1.82. The molecule has 1 aromatic rings. The molecule has 0 saturated heterocycles. The molecule has 0 radical (unpaired) electrons. The van der Waals surface area contributed by atoms with E-state index in [1.54, 1.807) is 17.2 Å². The van der Waals surface area contributed by atoms with Crippen LogP contribution in [0.25, 0.3) is 0 Å². The van der Waals surface area contributed by atoms with Gasteiger partial charge in [-0.15, -0.1) is 0 Å². The highest BCUT2D eigenvalue weighted by atomic mass is 16.2. The summed E-state index contributed by atoms with van der Waals surface area (Å²) in [6.45, 7) is 5.60. The zero-order valence-electron chi connectivity index (χ0n) is 11.5. The molecule has 0 spiro atoms. The van der Waals surface area contributed by atoms with Crippen molar-refractivity contribution in [3.8, 4) is 0 Å². The first kappa shape index (κ1) is 14.6. The van der Waals surface area contributed by atoms with Gasteiger partial charge in [-0.25, -0.2) is 0 Å². The van der Waals surface area contributed by atoms with Gasteiger partial charge in [-0.1, -0.05) is 19.9 Å². The van der Waals surface area contributed by atoms with Crippen LogP contribution in [-0.4, -0.2) is 29.4 Å². The highest BCUT2D eigenvalue weighted by Crippen LogP contribution is 2.07. The van der Waals surface area contributed by atoms with Gasteiger partial charge in [0.05, 0.1) is 0 Å². The maximum Gasteiger partial charge on any atom is 0.272 e. The summed E-state index contributed by atoms with van der Waals surface area (Å²) >= 11 is 0. The number of amides is 1. The van der Waals surface area contributed by atoms with Gasteiger partial charge < -0.3 is 10.6 Å². The SMILES string of the molecule is CC(C)CCCN(C)C(=O)c1ccc(CN)cn1. The van der Waals surface area contributed by atoms with Crippen molar-refractivity contribution < 1.29 is 4.79 Å². The van der Waals surface area contributed by atoms with Crippen molar-refractivity contribution in [2.45, 2.75) is 33.2 Å². The van der Waals surface area contributed by atoms with E-state index in [1.807, 2.05) is 13.1 Å². The number of aromatic nitrogens is 1. The van der Waals surface area contributed by atoms with Gasteiger partial charge in [0.1, 0.15) is 5.69 Å². The Morgan fingerprint density at radius 2 is 2.17 bits per heavy atom. The molecule has 0 aliphatic carbocycles. The van der Waals surface area contributed by atoms with Gasteiger partial charge in [-0.3, -0.25) is 9.78 Å². The summed E-state index contributed by atoms with van der Waals surface area (Å²) in [5.74, 6) is 0.651. The number of nitrogens with zero attached hydrogens (tertiary/aromatic N) is 2. The van der Waals surface area contributed by atoms with Gasteiger partial charge in [0, 0.05) is 26.3 Å². The van der Waals surface area contributed by atoms with Crippen molar-refractivity contribution in [2.24, 2.45) is 11.7 Å². The van der Waals surface area contributed by atoms with Gasteiger partial charge in [-0.2, -0.15) is 0 Å². The summed E-state index contributed by atoms with van der Waals surface area (Å²) in [5.41, 5.74) is 6.92. The van der Waals surface area contributed by atoms with Crippen molar-refractivity contribution in [3.05, 3.63) is 29.6 Å². The second-order valence-electron chi connectivity index (χ2n) is 5.02. The lowest BCUT2D eigenvalue weighted by molar-refractivity contribution is 0.0785. The fourth-order valence-corrected chi connectivity index (χ4v) is 1.71. The highest BCUT2D eigenvalue weighted by Gasteiger charge is 2.12. The van der Waals surface area contributed by atoms with Crippen LogP contribution in [0.3, 0.4) is 0 Å². The Hall–Kier alpha value is -1.42. The molecule has 0 saturated carbocycles. The van der Waals surface area contributed by atoms with Crippen molar-refractivity contribution in [3.63, 3.8) is 0 Å². The predicted octanol–water partition coefficient (Wildman–Crippen LogP) is 2.05. The van der Waals surface area contributed by atoms with Gasteiger partial charge >= 0.3 is 0 Å². The second kappa shape index (κ2) is 7.11. The van der Waals surface area contributed by atoms with Crippen LogP contribution in [0.2, 0.25) is 0 Å². The standard InChI is InChI=1S/C14H23N3O/c1-11(2)5-4-8-17(3)14(18)13-7-6-12(9-15)10-16-13/h6-7,10-11H,4-5,8-9,15H2,1-3H3. The highest BCUT2D eigenvalue weighted by molar-refractivity contribution is 5.92. The third-order valence-electron chi connectivity index (χ3n) is 2.90. The van der Waals surface area contributed by atoms with E-state index >= 15 is 0 Å². The minimum Gasteiger partial charge on any atom is -0.340 e. The van der Waals surface area contributed by atoms with Crippen molar-refractivity contribution >= 4 is 5.91 Å². The Morgan fingerprint density at radius 1 is 1.44 bits per heavy atom. The Morgan fingerprint density at radius 3 is 2.67 bits per heavy atom. The predicted molar refractivity (Wildman–Crippen MR) is 73.2 cm³/mol. The molecule has 100 valence electrons. The van der Waals surface area contributed by atoms with Crippen LogP contribution in [-0.2, 0) is 6.54 Å². The molecular weight excluding hydrogens is 226 g/mol. The lowest BCUT2D eigenvalue weighted by atomic mass is 10.1. The molecule has 0 bridgehead atoms. The molecule has 0 aliphatic heterocycles. The Bertz CT molecular complexity index is 373. The molecule has 1 heterocycles. The molecule has 0 fully saturated rings. The van der Waals surface area contributed by atoms with Crippen LogP contribution in [0, 0.1) is 5.92 Å². The average molecular weight is 249 g/mol. The van der Waals surface area contributed by atoms with E-state index in [2.05, 4.69) is 18.8 Å². The third-order valence-corrected chi connectivity index (χ3v) is 2.90. The fraction of sp³-hybridized carbons (Fsp3) is 0.571. The monoisotopic (exact) mass is 249 g/mol. The molecule has 0 atom stereocenters. The van der Waals surface area contributed by atoms with E-state index in [1.165, 1.54) is 0 Å². The van der Waals surface area contributed by atoms with Crippen LogP contribution in [0.1, 0.15) is 42.7 Å². The van der Waals surface area contributed by atoms with Crippen molar-refractivity contribution in [1.29, 1.82) is 0 Å². The first-order valence-electron chi connectivity index (χ1n) is 6.45. The quantitative estimate of drug-likeness (QED) is 0.839. The first-order valence-corrected chi connectivity index (χ1v) is 6.45. The van der Waals surface area contributed by atoms with E-state index < -0.39 is 0 Å². The van der Waals surface area contributed by atoms with Crippen molar-refractivity contribution in [1.82, 2.24) is 9.88 Å². The molecule has 4 heteroatoms. The molecule has 18 heavy (non-hydrogen) atoms. The average Bonchev–Trinajstić information content (AvgIpc) is 2.37. The molecule has 2 N–H and O–H groups in total. The topological polar surface area (TPSA) is 59.2 Å². The van der Waals surface area contributed by atoms with Crippen LogP contribution in [0.15, 0.2) is 18.3 Å². The largest absolute Gasteiger partial charge is 0.340 e. The molecule has 1 aromatic heterocycles. The smallest absolute Gasteiger partial charge is 0.272 e. The van der Waals surface area contributed by atoms with E-state index in [9.17, 15) is 4.79 Å². The van der Waals surface area contributed by atoms with E-state index in [0.717, 1.165) is 24.9 Å². The Balaban J connectivity index is 2.51. The Kier molecular flexibility index (Phi) is 5.78. The number of rotatable bonds is 6. The number of nitrogens with two attached hydrogens (primary N) is 1. The summed E-state index contributed by atoms with van der Waals surface area (Å²) in [5, 5.41) is 0. The van der Waals surface area contributed by atoms with Gasteiger partial charge in [0.15, 0.2) is 0 Å². The van der Waals surface area contributed by atoms with Gasteiger partial charge in [0.2, 0.25) is 0 Å². The van der Waals surface area contributed by atoms with Crippen LogP contribution < -0.4 is 5.73 Å². The second-order valence-corrected chi connectivity index (χ2v) is 5.02. The van der Waals surface area contributed by atoms with E-state index in [-0.39, 0.29) is 5.91 Å². The third kappa shape index (κ3) is 4.45. The van der Waals surface area contributed by atoms with Crippen LogP contribution in [0.5, 0.6) is 0 Å². The summed E-state index contributed by atoms with van der Waals surface area (Å²) in [6.07, 6.45) is 3.83. The normalized spacial score (nSPS) is 10.7. The lowest BCUT2D eigenvalue weighted by Crippen LogP contribution is -2.28. The maximum atomic E-state index is 12.1. The van der Waals surface area contributed by atoms with E-state index in [4.69, 9.17) is 5.73 Å². The maximum absolute atomic E-state index is 12.1. The molecule has 4 nitrogen and oxygen atoms in total. The fourth-order valence-electron chi connectivity index (χ4n) is 1.71. The van der Waals surface area contributed by atoms with E-state index in [0.29, 0.717) is 18.2 Å². The number of pyridine rings is 1.